The van der Waals surface area contributed by atoms with Crippen LogP contribution in [0.15, 0.2) is 48.7 Å². The van der Waals surface area contributed by atoms with Gasteiger partial charge in [0.2, 0.25) is 0 Å². The smallest absolute Gasteiger partial charge is 0.251 e. The summed E-state index contributed by atoms with van der Waals surface area (Å²) in [4.78, 5) is 17.6. The second-order valence-corrected chi connectivity index (χ2v) is 7.54. The molecule has 0 spiro atoms. The maximum Gasteiger partial charge on any atom is 0.251 e. The molecule has 1 aliphatic carbocycles. The molecule has 1 aromatic carbocycles. The van der Waals surface area contributed by atoms with Gasteiger partial charge in [0, 0.05) is 42.6 Å². The van der Waals surface area contributed by atoms with Crippen molar-refractivity contribution >= 4 is 5.91 Å². The van der Waals surface area contributed by atoms with Gasteiger partial charge in [-0.15, -0.1) is 5.10 Å². The fourth-order valence-electron chi connectivity index (χ4n) is 3.90. The predicted molar refractivity (Wildman–Crippen MR) is 103 cm³/mol. The molecule has 2 aliphatic rings. The first kappa shape index (κ1) is 17.1. The quantitative estimate of drug-likeness (QED) is 0.736. The minimum absolute atomic E-state index is 0.0683. The molecule has 0 bridgehead atoms. The van der Waals surface area contributed by atoms with Gasteiger partial charge in [0.15, 0.2) is 0 Å². The minimum atomic E-state index is -0.0683. The van der Waals surface area contributed by atoms with Gasteiger partial charge < -0.3 is 10.1 Å². The van der Waals surface area contributed by atoms with E-state index in [1.807, 2.05) is 31.3 Å². The molecule has 1 saturated carbocycles. The second-order valence-electron chi connectivity index (χ2n) is 7.54. The third-order valence-electron chi connectivity index (χ3n) is 5.48. The van der Waals surface area contributed by atoms with Crippen LogP contribution >= 0.6 is 0 Å². The number of nitrogens with zero attached hydrogens (tertiary/aromatic N) is 4. The Kier molecular flexibility index (Phi) is 4.16. The van der Waals surface area contributed by atoms with Gasteiger partial charge in [-0.1, -0.05) is 35.5 Å². The average Bonchev–Trinajstić information content (AvgIpc) is 3.08. The number of fused-ring (bicyclic) bond motifs is 1. The maximum atomic E-state index is 12.9. The third kappa shape index (κ3) is 3.29. The Bertz CT molecular complexity index is 1010. The van der Waals surface area contributed by atoms with E-state index in [9.17, 15) is 4.79 Å². The Morgan fingerprint density at radius 1 is 1.18 bits per heavy atom. The minimum Gasteiger partial charge on any atom is -0.381 e. The van der Waals surface area contributed by atoms with Crippen LogP contribution in [-0.2, 0) is 18.2 Å². The summed E-state index contributed by atoms with van der Waals surface area (Å²) in [6.07, 6.45) is 2.46. The molecule has 7 heteroatoms. The Hall–Kier alpha value is -3.06. The number of nitrogens with one attached hydrogen (secondary N) is 1. The molecule has 3 heterocycles. The first-order chi connectivity index (χ1) is 13.7. The molecule has 5 rings (SSSR count). The number of carbonyl (C=O) groups excluding carboxylic acids is 1. The summed E-state index contributed by atoms with van der Waals surface area (Å²) < 4.78 is 7.04. The number of ether oxygens (including phenoxy) is 1. The van der Waals surface area contributed by atoms with Gasteiger partial charge in [-0.05, 0) is 17.7 Å². The van der Waals surface area contributed by atoms with Crippen molar-refractivity contribution in [2.75, 3.05) is 13.2 Å². The molecular formula is C21H21N5O2. The van der Waals surface area contributed by atoms with E-state index in [0.29, 0.717) is 35.2 Å². The van der Waals surface area contributed by atoms with Gasteiger partial charge in [-0.3, -0.25) is 14.5 Å². The molecule has 3 aromatic rings. The highest BCUT2D eigenvalue weighted by Gasteiger charge is 2.54. The Morgan fingerprint density at radius 3 is 2.68 bits per heavy atom. The van der Waals surface area contributed by atoms with E-state index >= 15 is 0 Å². The van der Waals surface area contributed by atoms with Crippen LogP contribution < -0.4 is 5.32 Å². The molecule has 1 saturated heterocycles. The molecule has 1 aliphatic heterocycles. The zero-order chi connectivity index (χ0) is 19.1. The van der Waals surface area contributed by atoms with Gasteiger partial charge in [0.1, 0.15) is 5.69 Å². The van der Waals surface area contributed by atoms with E-state index in [4.69, 9.17) is 9.72 Å². The topological polar surface area (TPSA) is 81.9 Å². The number of aryl methyl sites for hydroxylation is 1. The van der Waals surface area contributed by atoms with Crippen LogP contribution in [0.25, 0.3) is 11.4 Å². The van der Waals surface area contributed by atoms with E-state index in [1.165, 1.54) is 0 Å². The van der Waals surface area contributed by atoms with Crippen molar-refractivity contribution in [1.82, 2.24) is 25.3 Å². The van der Waals surface area contributed by atoms with E-state index in [2.05, 4.69) is 27.8 Å². The van der Waals surface area contributed by atoms with E-state index in [-0.39, 0.29) is 11.9 Å². The molecule has 1 amide bonds. The average molecular weight is 375 g/mol. The Balaban J connectivity index is 1.44. The molecule has 2 fully saturated rings. The summed E-state index contributed by atoms with van der Waals surface area (Å²) in [6, 6.07) is 14.0. The van der Waals surface area contributed by atoms with Crippen LogP contribution in [0.4, 0.5) is 0 Å². The predicted octanol–water partition coefficient (Wildman–Crippen LogP) is 1.84. The highest BCUT2D eigenvalue weighted by Crippen LogP contribution is 2.44. The number of rotatable bonds is 5. The first-order valence-corrected chi connectivity index (χ1v) is 9.47. The number of hydrogen-bond acceptors (Lipinski definition) is 5. The number of pyridine rings is 1. The van der Waals surface area contributed by atoms with Crippen molar-refractivity contribution < 1.29 is 9.53 Å². The zero-order valence-corrected chi connectivity index (χ0v) is 15.6. The lowest BCUT2D eigenvalue weighted by Crippen LogP contribution is -2.30. The highest BCUT2D eigenvalue weighted by molar-refractivity contribution is 5.95. The molecule has 142 valence electrons. The van der Waals surface area contributed by atoms with Crippen LogP contribution in [0.2, 0.25) is 0 Å². The van der Waals surface area contributed by atoms with Gasteiger partial charge >= 0.3 is 0 Å². The number of aromatic nitrogens is 4. The van der Waals surface area contributed by atoms with Crippen LogP contribution in [-0.4, -0.2) is 45.1 Å². The number of benzene rings is 1. The van der Waals surface area contributed by atoms with Crippen molar-refractivity contribution in [3.05, 3.63) is 65.5 Å². The second kappa shape index (κ2) is 6.83. The maximum absolute atomic E-state index is 12.9. The summed E-state index contributed by atoms with van der Waals surface area (Å²) >= 11 is 0. The lowest BCUT2D eigenvalue weighted by Gasteiger charge is -2.10. The van der Waals surface area contributed by atoms with Gasteiger partial charge in [-0.25, -0.2) is 0 Å². The van der Waals surface area contributed by atoms with Crippen molar-refractivity contribution in [3.8, 4) is 11.4 Å². The lowest BCUT2D eigenvalue weighted by atomic mass is 10.1. The molecule has 3 atom stereocenters. The molecular weight excluding hydrogens is 354 g/mol. The summed E-state index contributed by atoms with van der Waals surface area (Å²) in [5.41, 5.74) is 3.90. The molecule has 28 heavy (non-hydrogen) atoms. The number of hydrogen-bond donors (Lipinski definition) is 1. The largest absolute Gasteiger partial charge is 0.381 e. The van der Waals surface area contributed by atoms with Gasteiger partial charge in [-0.2, -0.15) is 0 Å². The Labute approximate surface area is 162 Å². The first-order valence-electron chi connectivity index (χ1n) is 9.47. The van der Waals surface area contributed by atoms with Crippen molar-refractivity contribution in [2.45, 2.75) is 12.5 Å². The van der Waals surface area contributed by atoms with E-state index < -0.39 is 0 Å². The summed E-state index contributed by atoms with van der Waals surface area (Å²) in [6.45, 7) is 1.49. The lowest BCUT2D eigenvalue weighted by molar-refractivity contribution is 0.0928. The van der Waals surface area contributed by atoms with Crippen molar-refractivity contribution in [2.24, 2.45) is 18.9 Å². The number of amides is 1. The van der Waals surface area contributed by atoms with E-state index in [1.54, 1.807) is 16.9 Å². The van der Waals surface area contributed by atoms with Crippen LogP contribution in [0.3, 0.4) is 0 Å². The van der Waals surface area contributed by atoms with Crippen LogP contribution in [0.5, 0.6) is 0 Å². The molecule has 1 N–H and O–H groups in total. The summed E-state index contributed by atoms with van der Waals surface area (Å²) in [5.74, 6) is 0.865. The fraction of sp³-hybridized carbons (Fsp3) is 0.333. The standard InChI is InChI=1S/C21H21N5O2/c1-26-10-19(24-25-26)18-9-14(21(27)23-20-16-11-28-12-17(16)20)8-15(22-18)7-13-5-3-2-4-6-13/h2-6,8-10,16-17,20H,7,11-12H2,1H3,(H,23,27)/t16-,17+,20?. The third-order valence-corrected chi connectivity index (χ3v) is 5.48. The monoisotopic (exact) mass is 375 g/mol. The molecule has 2 aromatic heterocycles. The molecule has 0 radical (unpaired) electrons. The number of carbonyl (C=O) groups is 1. The van der Waals surface area contributed by atoms with Gasteiger partial charge in [0.25, 0.3) is 5.91 Å². The Morgan fingerprint density at radius 2 is 1.96 bits per heavy atom. The van der Waals surface area contributed by atoms with Gasteiger partial charge in [0.05, 0.1) is 25.1 Å². The molecule has 7 nitrogen and oxygen atoms in total. The van der Waals surface area contributed by atoms with Crippen molar-refractivity contribution in [3.63, 3.8) is 0 Å². The highest BCUT2D eigenvalue weighted by atomic mass is 16.5. The normalized spacial score (nSPS) is 22.7. The van der Waals surface area contributed by atoms with Crippen LogP contribution in [0.1, 0.15) is 21.6 Å². The zero-order valence-electron chi connectivity index (χ0n) is 15.6. The molecule has 1 unspecified atom stereocenters. The van der Waals surface area contributed by atoms with E-state index in [0.717, 1.165) is 24.5 Å². The SMILES string of the molecule is Cn1cc(-c2cc(C(=O)NC3[C@H]4COC[C@@H]34)cc(Cc3ccccc3)n2)nn1. The summed E-state index contributed by atoms with van der Waals surface area (Å²) in [7, 11) is 1.81. The van der Waals surface area contributed by atoms with Crippen molar-refractivity contribution in [1.29, 1.82) is 0 Å². The summed E-state index contributed by atoms with van der Waals surface area (Å²) in [5, 5.41) is 11.3. The fourth-order valence-corrected chi connectivity index (χ4v) is 3.90. The van der Waals surface area contributed by atoms with Crippen LogP contribution in [0, 0.1) is 11.8 Å².